The molecule has 0 fully saturated rings. The SMILES string of the molecule is Cc1cc(-c2nc3ccccc3cc2C(C)C)cc(C(C)(C)C)c1. The molecule has 3 aromatic rings. The zero-order valence-corrected chi connectivity index (χ0v) is 15.6. The van der Waals surface area contributed by atoms with Crippen molar-refractivity contribution in [2.45, 2.75) is 52.9 Å². The first kappa shape index (κ1) is 16.7. The molecule has 0 spiro atoms. The Bertz CT molecular complexity index is 882. The average molecular weight is 317 g/mol. The van der Waals surface area contributed by atoms with Gasteiger partial charge in [0.15, 0.2) is 0 Å². The molecular weight excluding hydrogens is 290 g/mol. The Morgan fingerprint density at radius 1 is 0.917 bits per heavy atom. The van der Waals surface area contributed by atoms with E-state index in [1.807, 2.05) is 0 Å². The van der Waals surface area contributed by atoms with Gasteiger partial charge in [-0.2, -0.15) is 0 Å². The van der Waals surface area contributed by atoms with Gasteiger partial charge in [-0.05, 0) is 53.6 Å². The van der Waals surface area contributed by atoms with Crippen LogP contribution in [-0.4, -0.2) is 4.98 Å². The molecule has 0 aliphatic heterocycles. The number of fused-ring (bicyclic) bond motifs is 1. The van der Waals surface area contributed by atoms with Gasteiger partial charge < -0.3 is 0 Å². The summed E-state index contributed by atoms with van der Waals surface area (Å²) in [6.45, 7) is 13.5. The van der Waals surface area contributed by atoms with Gasteiger partial charge in [-0.25, -0.2) is 4.98 Å². The number of rotatable bonds is 2. The van der Waals surface area contributed by atoms with Crippen LogP contribution in [-0.2, 0) is 5.41 Å². The Morgan fingerprint density at radius 3 is 2.29 bits per heavy atom. The maximum atomic E-state index is 5.03. The molecule has 0 saturated heterocycles. The fourth-order valence-electron chi connectivity index (χ4n) is 3.16. The monoisotopic (exact) mass is 317 g/mol. The van der Waals surface area contributed by atoms with Gasteiger partial charge in [0, 0.05) is 10.9 Å². The maximum absolute atomic E-state index is 5.03. The third kappa shape index (κ3) is 3.21. The van der Waals surface area contributed by atoms with Crippen LogP contribution in [0.1, 0.15) is 57.2 Å². The summed E-state index contributed by atoms with van der Waals surface area (Å²) >= 11 is 0. The zero-order chi connectivity index (χ0) is 17.5. The second-order valence-corrected chi connectivity index (χ2v) is 8.11. The molecule has 0 atom stereocenters. The Balaban J connectivity index is 2.29. The summed E-state index contributed by atoms with van der Waals surface area (Å²) in [5.41, 5.74) is 7.53. The van der Waals surface area contributed by atoms with Crippen molar-refractivity contribution in [3.63, 3.8) is 0 Å². The van der Waals surface area contributed by atoms with Gasteiger partial charge in [0.2, 0.25) is 0 Å². The lowest BCUT2D eigenvalue weighted by Gasteiger charge is -2.22. The summed E-state index contributed by atoms with van der Waals surface area (Å²) in [7, 11) is 0. The minimum atomic E-state index is 0.135. The van der Waals surface area contributed by atoms with E-state index in [1.165, 1.54) is 27.6 Å². The van der Waals surface area contributed by atoms with Crippen LogP contribution in [0.3, 0.4) is 0 Å². The van der Waals surface area contributed by atoms with Gasteiger partial charge in [0.25, 0.3) is 0 Å². The summed E-state index contributed by atoms with van der Waals surface area (Å²) in [6.07, 6.45) is 0. The van der Waals surface area contributed by atoms with E-state index in [-0.39, 0.29) is 5.41 Å². The van der Waals surface area contributed by atoms with Crippen molar-refractivity contribution >= 4 is 10.9 Å². The number of aromatic nitrogens is 1. The first-order valence-electron chi connectivity index (χ1n) is 8.78. The van der Waals surface area contributed by atoms with E-state index in [4.69, 9.17) is 4.98 Å². The minimum absolute atomic E-state index is 0.135. The molecule has 124 valence electrons. The highest BCUT2D eigenvalue weighted by Gasteiger charge is 2.18. The van der Waals surface area contributed by atoms with Crippen molar-refractivity contribution in [1.29, 1.82) is 0 Å². The van der Waals surface area contributed by atoms with E-state index in [0.717, 1.165) is 11.2 Å². The van der Waals surface area contributed by atoms with Gasteiger partial charge in [0.05, 0.1) is 11.2 Å². The lowest BCUT2D eigenvalue weighted by Crippen LogP contribution is -2.11. The van der Waals surface area contributed by atoms with Gasteiger partial charge in [-0.15, -0.1) is 0 Å². The molecule has 0 unspecified atom stereocenters. The second kappa shape index (κ2) is 6.05. The minimum Gasteiger partial charge on any atom is -0.247 e. The molecule has 0 bridgehead atoms. The first-order valence-corrected chi connectivity index (χ1v) is 8.78. The highest BCUT2D eigenvalue weighted by Crippen LogP contribution is 2.34. The van der Waals surface area contributed by atoms with Crippen molar-refractivity contribution in [2.24, 2.45) is 0 Å². The molecular formula is C23H27N. The molecule has 1 nitrogen and oxygen atoms in total. The lowest BCUT2D eigenvalue weighted by atomic mass is 9.84. The third-order valence-corrected chi connectivity index (χ3v) is 4.59. The summed E-state index contributed by atoms with van der Waals surface area (Å²) < 4.78 is 0. The van der Waals surface area contributed by atoms with Crippen molar-refractivity contribution < 1.29 is 0 Å². The van der Waals surface area contributed by atoms with E-state index in [0.29, 0.717) is 5.92 Å². The zero-order valence-electron chi connectivity index (χ0n) is 15.6. The topological polar surface area (TPSA) is 12.9 Å². The van der Waals surface area contributed by atoms with Crippen LogP contribution in [0.15, 0.2) is 48.5 Å². The number of hydrogen-bond acceptors (Lipinski definition) is 1. The first-order chi connectivity index (χ1) is 11.3. The molecule has 2 aromatic carbocycles. The molecule has 3 rings (SSSR count). The molecule has 0 saturated carbocycles. The fourth-order valence-corrected chi connectivity index (χ4v) is 3.16. The number of aryl methyl sites for hydroxylation is 1. The van der Waals surface area contributed by atoms with Crippen molar-refractivity contribution in [3.8, 4) is 11.3 Å². The normalized spacial score (nSPS) is 12.1. The summed E-state index contributed by atoms with van der Waals surface area (Å²) in [5.74, 6) is 0.440. The molecule has 0 radical (unpaired) electrons. The van der Waals surface area contributed by atoms with Crippen LogP contribution in [0.5, 0.6) is 0 Å². The smallest absolute Gasteiger partial charge is 0.0744 e. The van der Waals surface area contributed by atoms with Gasteiger partial charge in [-0.1, -0.05) is 64.4 Å². The average Bonchev–Trinajstić information content (AvgIpc) is 2.52. The van der Waals surface area contributed by atoms with Gasteiger partial charge in [0.1, 0.15) is 0 Å². The number of benzene rings is 2. The van der Waals surface area contributed by atoms with Gasteiger partial charge in [-0.3, -0.25) is 0 Å². The number of nitrogens with zero attached hydrogens (tertiary/aromatic N) is 1. The van der Waals surface area contributed by atoms with E-state index >= 15 is 0 Å². The molecule has 0 aliphatic carbocycles. The van der Waals surface area contributed by atoms with Crippen LogP contribution >= 0.6 is 0 Å². The van der Waals surface area contributed by atoms with Gasteiger partial charge >= 0.3 is 0 Å². The predicted octanol–water partition coefficient (Wildman–Crippen LogP) is 6.63. The van der Waals surface area contributed by atoms with Crippen LogP contribution in [0.4, 0.5) is 0 Å². The number of hydrogen-bond donors (Lipinski definition) is 0. The van der Waals surface area contributed by atoms with Crippen molar-refractivity contribution in [3.05, 3.63) is 65.2 Å². The van der Waals surface area contributed by atoms with Crippen molar-refractivity contribution in [2.75, 3.05) is 0 Å². The van der Waals surface area contributed by atoms with E-state index in [9.17, 15) is 0 Å². The molecule has 24 heavy (non-hydrogen) atoms. The lowest BCUT2D eigenvalue weighted by molar-refractivity contribution is 0.590. The number of para-hydroxylation sites is 1. The molecule has 0 amide bonds. The Hall–Kier alpha value is -2.15. The summed E-state index contributed by atoms with van der Waals surface area (Å²) in [5, 5.41) is 1.22. The highest BCUT2D eigenvalue weighted by molar-refractivity contribution is 5.83. The van der Waals surface area contributed by atoms with Crippen molar-refractivity contribution in [1.82, 2.24) is 4.98 Å². The molecule has 0 aliphatic rings. The van der Waals surface area contributed by atoms with Crippen LogP contribution in [0.2, 0.25) is 0 Å². The maximum Gasteiger partial charge on any atom is 0.0744 e. The molecule has 0 N–H and O–H groups in total. The number of pyridine rings is 1. The Kier molecular flexibility index (Phi) is 4.21. The Labute approximate surface area is 145 Å². The second-order valence-electron chi connectivity index (χ2n) is 8.11. The molecule has 1 heterocycles. The fraction of sp³-hybridized carbons (Fsp3) is 0.348. The third-order valence-electron chi connectivity index (χ3n) is 4.59. The highest BCUT2D eigenvalue weighted by atomic mass is 14.7. The van der Waals surface area contributed by atoms with E-state index in [1.54, 1.807) is 0 Å². The largest absolute Gasteiger partial charge is 0.247 e. The summed E-state index contributed by atoms with van der Waals surface area (Å²) in [6, 6.07) is 17.6. The van der Waals surface area contributed by atoms with Crippen LogP contribution < -0.4 is 0 Å². The molecule has 1 aromatic heterocycles. The van der Waals surface area contributed by atoms with Crippen LogP contribution in [0, 0.1) is 6.92 Å². The Morgan fingerprint density at radius 2 is 1.62 bits per heavy atom. The predicted molar refractivity (Wildman–Crippen MR) is 105 cm³/mol. The van der Waals surface area contributed by atoms with E-state index < -0.39 is 0 Å². The quantitative estimate of drug-likeness (QED) is 0.517. The standard InChI is InChI=1S/C23H27N/c1-15(2)20-14-17-9-7-8-10-21(17)24-22(20)18-11-16(3)12-19(13-18)23(4,5)6/h7-15H,1-6H3. The van der Waals surface area contributed by atoms with E-state index in [2.05, 4.69) is 90.1 Å². The molecule has 1 heteroatoms. The van der Waals surface area contributed by atoms with Crippen LogP contribution in [0.25, 0.3) is 22.2 Å². The summed E-state index contributed by atoms with van der Waals surface area (Å²) in [4.78, 5) is 5.03.